The zero-order chi connectivity index (χ0) is 21.4. The molecule has 9 heteroatoms. The van der Waals surface area contributed by atoms with E-state index in [1.807, 2.05) is 29.8 Å². The summed E-state index contributed by atoms with van der Waals surface area (Å²) < 4.78 is 21.6. The number of amides is 1. The van der Waals surface area contributed by atoms with Crippen LogP contribution in [0.25, 0.3) is 21.9 Å². The van der Waals surface area contributed by atoms with Crippen LogP contribution in [-0.2, 0) is 18.9 Å². The van der Waals surface area contributed by atoms with Crippen molar-refractivity contribution in [2.45, 2.75) is 5.16 Å². The Kier molecular flexibility index (Phi) is 5.21. The van der Waals surface area contributed by atoms with Gasteiger partial charge in [-0.3, -0.25) is 14.2 Å². The quantitative estimate of drug-likeness (QED) is 0.391. The van der Waals surface area contributed by atoms with Crippen LogP contribution in [0, 0.1) is 5.82 Å². The smallest absolute Gasteiger partial charge is 0.278 e. The highest BCUT2D eigenvalue weighted by Crippen LogP contribution is 2.29. The molecule has 2 aromatic heterocycles. The zero-order valence-electron chi connectivity index (χ0n) is 16.6. The Morgan fingerprint density at radius 1 is 1.17 bits per heavy atom. The number of rotatable bonds is 5. The third kappa shape index (κ3) is 3.52. The maximum atomic E-state index is 13.0. The van der Waals surface area contributed by atoms with Crippen molar-refractivity contribution >= 4 is 45.3 Å². The molecule has 2 aromatic carbocycles. The predicted octanol–water partition coefficient (Wildman–Crippen LogP) is 3.30. The summed E-state index contributed by atoms with van der Waals surface area (Å²) in [5.41, 5.74) is 2.22. The SMILES string of the molecule is COc1ccc2c(c1)c1nc(SCC(=O)Nc3ccc(F)cc3)n(C)c(=O)c1n2C. The number of hydrogen-bond acceptors (Lipinski definition) is 5. The van der Waals surface area contributed by atoms with Gasteiger partial charge in [-0.1, -0.05) is 11.8 Å². The van der Waals surface area contributed by atoms with Gasteiger partial charge in [-0.05, 0) is 42.5 Å². The molecule has 0 aliphatic carbocycles. The molecule has 30 heavy (non-hydrogen) atoms. The summed E-state index contributed by atoms with van der Waals surface area (Å²) in [5.74, 6) is 0.0737. The Morgan fingerprint density at radius 3 is 2.60 bits per heavy atom. The van der Waals surface area contributed by atoms with E-state index >= 15 is 0 Å². The van der Waals surface area contributed by atoms with E-state index in [9.17, 15) is 14.0 Å². The van der Waals surface area contributed by atoms with Crippen molar-refractivity contribution in [3.05, 3.63) is 58.6 Å². The number of nitrogens with zero attached hydrogens (tertiary/aromatic N) is 3. The number of benzene rings is 2. The summed E-state index contributed by atoms with van der Waals surface area (Å²) in [7, 11) is 5.04. The lowest BCUT2D eigenvalue weighted by Gasteiger charge is -2.08. The molecule has 0 aliphatic heterocycles. The normalized spacial score (nSPS) is 11.2. The first-order valence-electron chi connectivity index (χ1n) is 9.10. The number of aryl methyl sites for hydroxylation is 1. The van der Waals surface area contributed by atoms with Crippen molar-refractivity contribution in [2.24, 2.45) is 14.1 Å². The Bertz CT molecular complexity index is 1330. The molecule has 0 bridgehead atoms. The molecule has 0 unspecified atom stereocenters. The topological polar surface area (TPSA) is 78.2 Å². The fraction of sp³-hybridized carbons (Fsp3) is 0.190. The van der Waals surface area contributed by atoms with Crippen LogP contribution in [-0.4, -0.2) is 32.9 Å². The Labute approximate surface area is 175 Å². The first-order chi connectivity index (χ1) is 14.4. The lowest BCUT2D eigenvalue weighted by Crippen LogP contribution is -2.22. The number of anilines is 1. The fourth-order valence-electron chi connectivity index (χ4n) is 3.29. The molecule has 0 radical (unpaired) electrons. The average Bonchev–Trinajstić information content (AvgIpc) is 3.02. The molecule has 0 saturated carbocycles. The highest BCUT2D eigenvalue weighted by molar-refractivity contribution is 7.99. The van der Waals surface area contributed by atoms with Crippen LogP contribution in [0.3, 0.4) is 0 Å². The summed E-state index contributed by atoms with van der Waals surface area (Å²) in [6.07, 6.45) is 0. The molecule has 0 atom stereocenters. The van der Waals surface area contributed by atoms with Gasteiger partial charge in [0.15, 0.2) is 5.16 Å². The number of carbonyl (C=O) groups is 1. The van der Waals surface area contributed by atoms with Gasteiger partial charge >= 0.3 is 0 Å². The number of thioether (sulfide) groups is 1. The van der Waals surface area contributed by atoms with Crippen molar-refractivity contribution in [2.75, 3.05) is 18.2 Å². The van der Waals surface area contributed by atoms with E-state index in [1.54, 1.807) is 14.2 Å². The Hall–Kier alpha value is -3.33. The monoisotopic (exact) mass is 426 g/mol. The molecule has 0 fully saturated rings. The van der Waals surface area contributed by atoms with Gasteiger partial charge in [-0.25, -0.2) is 9.37 Å². The van der Waals surface area contributed by atoms with Gasteiger partial charge in [-0.2, -0.15) is 0 Å². The van der Waals surface area contributed by atoms with Gasteiger partial charge in [0.05, 0.1) is 18.4 Å². The van der Waals surface area contributed by atoms with Gasteiger partial charge in [0.2, 0.25) is 5.91 Å². The first-order valence-corrected chi connectivity index (χ1v) is 10.1. The van der Waals surface area contributed by atoms with E-state index in [0.29, 0.717) is 27.6 Å². The van der Waals surface area contributed by atoms with Crippen molar-refractivity contribution in [3.63, 3.8) is 0 Å². The van der Waals surface area contributed by atoms with Gasteiger partial charge < -0.3 is 14.6 Å². The van der Waals surface area contributed by atoms with Crippen LogP contribution in [0.1, 0.15) is 0 Å². The molecule has 4 aromatic rings. The maximum Gasteiger partial charge on any atom is 0.278 e. The minimum atomic E-state index is -0.374. The van der Waals surface area contributed by atoms with Crippen molar-refractivity contribution in [3.8, 4) is 5.75 Å². The molecule has 154 valence electrons. The second-order valence-electron chi connectivity index (χ2n) is 6.74. The number of fused-ring (bicyclic) bond motifs is 3. The van der Waals surface area contributed by atoms with Crippen molar-refractivity contribution in [1.29, 1.82) is 0 Å². The zero-order valence-corrected chi connectivity index (χ0v) is 17.4. The summed E-state index contributed by atoms with van der Waals surface area (Å²) in [6.45, 7) is 0. The number of hydrogen-bond donors (Lipinski definition) is 1. The van der Waals surface area contributed by atoms with Gasteiger partial charge in [0.25, 0.3) is 5.56 Å². The molecule has 1 N–H and O–H groups in total. The summed E-state index contributed by atoms with van der Waals surface area (Å²) >= 11 is 1.16. The first kappa shape index (κ1) is 20.0. The number of halogens is 1. The number of methoxy groups -OCH3 is 1. The predicted molar refractivity (Wildman–Crippen MR) is 116 cm³/mol. The molecule has 4 rings (SSSR count). The fourth-order valence-corrected chi connectivity index (χ4v) is 4.06. The largest absolute Gasteiger partial charge is 0.497 e. The van der Waals surface area contributed by atoms with Crippen molar-refractivity contribution < 1.29 is 13.9 Å². The molecule has 7 nitrogen and oxygen atoms in total. The van der Waals surface area contributed by atoms with Crippen LogP contribution >= 0.6 is 11.8 Å². The standard InChI is InChI=1S/C21H19FN4O3S/c1-25-16-9-8-14(29-3)10-15(16)18-19(25)20(28)26(2)21(24-18)30-11-17(27)23-13-6-4-12(22)5-7-13/h4-10H,11H2,1-3H3,(H,23,27). The summed E-state index contributed by atoms with van der Waals surface area (Å²) in [4.78, 5) is 29.9. The number of carbonyl (C=O) groups excluding carboxylic acids is 1. The molecular weight excluding hydrogens is 407 g/mol. The van der Waals surface area contributed by atoms with E-state index < -0.39 is 0 Å². The Balaban J connectivity index is 1.66. The summed E-state index contributed by atoms with van der Waals surface area (Å²) in [6, 6.07) is 11.1. The third-order valence-corrected chi connectivity index (χ3v) is 5.87. The van der Waals surface area contributed by atoms with Crippen LogP contribution in [0.4, 0.5) is 10.1 Å². The molecule has 2 heterocycles. The number of aromatic nitrogens is 3. The van der Waals surface area contributed by atoms with Gasteiger partial charge in [-0.15, -0.1) is 0 Å². The van der Waals surface area contributed by atoms with Crippen LogP contribution in [0.2, 0.25) is 0 Å². The molecule has 0 spiro atoms. The second-order valence-corrected chi connectivity index (χ2v) is 7.68. The molecule has 0 saturated heterocycles. The van der Waals surface area contributed by atoms with Crippen molar-refractivity contribution in [1.82, 2.24) is 14.1 Å². The van der Waals surface area contributed by atoms with E-state index in [2.05, 4.69) is 10.3 Å². The van der Waals surface area contributed by atoms with E-state index in [1.165, 1.54) is 28.8 Å². The lowest BCUT2D eigenvalue weighted by molar-refractivity contribution is -0.113. The van der Waals surface area contributed by atoms with Gasteiger partial charge in [0.1, 0.15) is 22.6 Å². The van der Waals surface area contributed by atoms with E-state index in [4.69, 9.17) is 4.74 Å². The third-order valence-electron chi connectivity index (χ3n) is 4.84. The minimum Gasteiger partial charge on any atom is -0.497 e. The molecule has 0 aliphatic rings. The van der Waals surface area contributed by atoms with Gasteiger partial charge in [0, 0.05) is 25.2 Å². The second kappa shape index (κ2) is 7.83. The minimum absolute atomic E-state index is 0.0528. The lowest BCUT2D eigenvalue weighted by atomic mass is 10.2. The average molecular weight is 426 g/mol. The van der Waals surface area contributed by atoms with Crippen LogP contribution in [0.5, 0.6) is 5.75 Å². The maximum absolute atomic E-state index is 13.0. The highest BCUT2D eigenvalue weighted by Gasteiger charge is 2.18. The Morgan fingerprint density at radius 2 is 1.90 bits per heavy atom. The van der Waals surface area contributed by atoms with Crippen LogP contribution in [0.15, 0.2) is 52.4 Å². The highest BCUT2D eigenvalue weighted by atomic mass is 32.2. The molecular formula is C21H19FN4O3S. The number of ether oxygens (including phenoxy) is 1. The van der Waals surface area contributed by atoms with Crippen LogP contribution < -0.4 is 15.6 Å². The summed E-state index contributed by atoms with van der Waals surface area (Å²) in [5, 5.41) is 3.93. The van der Waals surface area contributed by atoms with E-state index in [-0.39, 0.29) is 23.0 Å². The van der Waals surface area contributed by atoms with E-state index in [0.717, 1.165) is 22.7 Å². The number of nitrogens with one attached hydrogen (secondary N) is 1. The molecule has 1 amide bonds.